The number of rotatable bonds is 6. The fourth-order valence-corrected chi connectivity index (χ4v) is 3.33. The van der Waals surface area contributed by atoms with Gasteiger partial charge in [-0.15, -0.1) is 0 Å². The van der Waals surface area contributed by atoms with E-state index in [4.69, 9.17) is 5.73 Å². The smallest absolute Gasteiger partial charge is 0.365 e. The lowest BCUT2D eigenvalue weighted by Crippen LogP contribution is -2.49. The number of halogens is 3. The van der Waals surface area contributed by atoms with Crippen LogP contribution in [0.25, 0.3) is 0 Å². The molecule has 10 nitrogen and oxygen atoms in total. The monoisotopic (exact) mass is 452 g/mol. The van der Waals surface area contributed by atoms with Crippen LogP contribution in [0.5, 0.6) is 0 Å². The van der Waals surface area contributed by atoms with E-state index in [0.29, 0.717) is 26.2 Å². The standard InChI is InChI=1S/C19H19F3N6O4/c20-19(21,22)14-3-1-2-4-15(14)25-16(29)11-26-5-7-27(8-6-26)18-13(17(23)30)9-12(10-24-18)28(31)32/h1-4,9-10H,5-8,11H2,(H2,23,30)(H,25,29). The van der Waals surface area contributed by atoms with E-state index in [9.17, 15) is 32.9 Å². The summed E-state index contributed by atoms with van der Waals surface area (Å²) in [5.74, 6) is -1.26. The van der Waals surface area contributed by atoms with E-state index in [1.807, 2.05) is 0 Å². The van der Waals surface area contributed by atoms with Crippen molar-refractivity contribution >= 4 is 29.0 Å². The van der Waals surface area contributed by atoms with Crippen LogP contribution < -0.4 is 16.0 Å². The van der Waals surface area contributed by atoms with Gasteiger partial charge < -0.3 is 16.0 Å². The Morgan fingerprint density at radius 3 is 2.44 bits per heavy atom. The third-order valence-electron chi connectivity index (χ3n) is 4.87. The van der Waals surface area contributed by atoms with Gasteiger partial charge in [-0.2, -0.15) is 13.2 Å². The number of alkyl halides is 3. The van der Waals surface area contributed by atoms with Gasteiger partial charge in [0.1, 0.15) is 12.0 Å². The molecule has 0 unspecified atom stereocenters. The largest absolute Gasteiger partial charge is 0.418 e. The quantitative estimate of drug-likeness (QED) is 0.505. The van der Waals surface area contributed by atoms with Gasteiger partial charge in [0.2, 0.25) is 5.91 Å². The highest BCUT2D eigenvalue weighted by Crippen LogP contribution is 2.34. The molecule has 0 radical (unpaired) electrons. The molecule has 0 atom stereocenters. The van der Waals surface area contributed by atoms with Crippen molar-refractivity contribution in [3.8, 4) is 0 Å². The molecule has 1 aliphatic heterocycles. The number of hydrogen-bond acceptors (Lipinski definition) is 7. The summed E-state index contributed by atoms with van der Waals surface area (Å²) in [7, 11) is 0. The average Bonchev–Trinajstić information content (AvgIpc) is 2.73. The van der Waals surface area contributed by atoms with Gasteiger partial charge in [0.15, 0.2) is 0 Å². The molecule has 1 saturated heterocycles. The number of piperazine rings is 1. The summed E-state index contributed by atoms with van der Waals surface area (Å²) in [5.41, 5.74) is 3.63. The zero-order chi connectivity index (χ0) is 23.5. The van der Waals surface area contributed by atoms with Crippen molar-refractivity contribution in [3.63, 3.8) is 0 Å². The van der Waals surface area contributed by atoms with Crippen molar-refractivity contribution in [2.75, 3.05) is 42.9 Å². The zero-order valence-electron chi connectivity index (χ0n) is 16.6. The van der Waals surface area contributed by atoms with Crippen molar-refractivity contribution in [1.82, 2.24) is 9.88 Å². The second-order valence-corrected chi connectivity index (χ2v) is 7.04. The molecule has 1 fully saturated rings. The molecule has 2 heterocycles. The lowest BCUT2D eigenvalue weighted by Gasteiger charge is -2.35. The van der Waals surface area contributed by atoms with Crippen LogP contribution in [0.4, 0.5) is 30.4 Å². The van der Waals surface area contributed by atoms with Crippen molar-refractivity contribution in [2.24, 2.45) is 5.73 Å². The van der Waals surface area contributed by atoms with Crippen molar-refractivity contribution < 1.29 is 27.7 Å². The number of nitrogens with two attached hydrogens (primary N) is 1. The van der Waals surface area contributed by atoms with Crippen LogP contribution in [0.3, 0.4) is 0 Å². The second kappa shape index (κ2) is 9.18. The number of benzene rings is 1. The maximum atomic E-state index is 13.1. The molecular formula is C19H19F3N6O4. The van der Waals surface area contributed by atoms with Crippen molar-refractivity contribution in [1.29, 1.82) is 0 Å². The van der Waals surface area contributed by atoms with Crippen molar-refractivity contribution in [2.45, 2.75) is 6.18 Å². The first kappa shape index (κ1) is 22.9. The highest BCUT2D eigenvalue weighted by molar-refractivity contribution is 5.98. The number of aromatic nitrogens is 1. The van der Waals surface area contributed by atoms with Crippen LogP contribution >= 0.6 is 0 Å². The lowest BCUT2D eigenvalue weighted by molar-refractivity contribution is -0.385. The van der Waals surface area contributed by atoms with Crippen LogP contribution in [-0.4, -0.2) is 59.3 Å². The molecule has 0 bridgehead atoms. The summed E-state index contributed by atoms with van der Waals surface area (Å²) in [4.78, 5) is 41.7. The van der Waals surface area contributed by atoms with E-state index in [-0.39, 0.29) is 29.3 Å². The fourth-order valence-electron chi connectivity index (χ4n) is 3.33. The van der Waals surface area contributed by atoms with Crippen LogP contribution in [0.1, 0.15) is 15.9 Å². The number of hydrogen-bond donors (Lipinski definition) is 2. The van der Waals surface area contributed by atoms with Crippen LogP contribution in [-0.2, 0) is 11.0 Å². The predicted octanol–water partition coefficient (Wildman–Crippen LogP) is 1.87. The average molecular weight is 452 g/mol. The minimum atomic E-state index is -4.59. The van der Waals surface area contributed by atoms with Crippen LogP contribution in [0.2, 0.25) is 0 Å². The van der Waals surface area contributed by atoms with Gasteiger partial charge in [-0.3, -0.25) is 24.6 Å². The first-order valence-electron chi connectivity index (χ1n) is 9.44. The second-order valence-electron chi connectivity index (χ2n) is 7.04. The molecule has 0 aliphatic carbocycles. The maximum Gasteiger partial charge on any atom is 0.418 e. The summed E-state index contributed by atoms with van der Waals surface area (Å²) in [6, 6.07) is 5.77. The van der Waals surface area contributed by atoms with E-state index in [1.165, 1.54) is 18.2 Å². The third kappa shape index (κ3) is 5.29. The molecule has 170 valence electrons. The molecule has 13 heteroatoms. The van der Waals surface area contributed by atoms with E-state index in [2.05, 4.69) is 10.3 Å². The number of carbonyl (C=O) groups is 2. The van der Waals surface area contributed by atoms with Crippen LogP contribution in [0.15, 0.2) is 36.5 Å². The summed E-state index contributed by atoms with van der Waals surface area (Å²) in [5, 5.41) is 13.2. The molecule has 1 aliphatic rings. The number of carbonyl (C=O) groups excluding carboxylic acids is 2. The number of anilines is 2. The number of para-hydroxylation sites is 1. The molecule has 1 aromatic carbocycles. The van der Waals surface area contributed by atoms with Crippen LogP contribution in [0, 0.1) is 10.1 Å². The molecule has 32 heavy (non-hydrogen) atoms. The summed E-state index contributed by atoms with van der Waals surface area (Å²) in [6.07, 6.45) is -3.56. The number of pyridine rings is 1. The van der Waals surface area contributed by atoms with Gasteiger partial charge in [0.25, 0.3) is 11.6 Å². The van der Waals surface area contributed by atoms with Gasteiger partial charge >= 0.3 is 6.18 Å². The number of nitrogens with one attached hydrogen (secondary N) is 1. The highest BCUT2D eigenvalue weighted by atomic mass is 19.4. The van der Waals surface area contributed by atoms with E-state index in [1.54, 1.807) is 9.80 Å². The van der Waals surface area contributed by atoms with Gasteiger partial charge in [0, 0.05) is 32.2 Å². The Kier molecular flexibility index (Phi) is 6.58. The van der Waals surface area contributed by atoms with E-state index in [0.717, 1.165) is 18.3 Å². The topological polar surface area (TPSA) is 135 Å². The summed E-state index contributed by atoms with van der Waals surface area (Å²) >= 11 is 0. The minimum Gasteiger partial charge on any atom is -0.365 e. The van der Waals surface area contributed by atoms with Gasteiger partial charge in [-0.1, -0.05) is 12.1 Å². The number of nitro groups is 1. The molecular weight excluding hydrogens is 433 g/mol. The summed E-state index contributed by atoms with van der Waals surface area (Å²) in [6.45, 7) is 1.24. The third-order valence-corrected chi connectivity index (χ3v) is 4.87. The molecule has 0 saturated carbocycles. The van der Waals surface area contributed by atoms with Gasteiger partial charge in [0.05, 0.1) is 28.3 Å². The van der Waals surface area contributed by atoms with E-state index >= 15 is 0 Å². The molecule has 1 aromatic heterocycles. The Morgan fingerprint density at radius 2 is 1.84 bits per heavy atom. The van der Waals surface area contributed by atoms with Gasteiger partial charge in [-0.25, -0.2) is 4.98 Å². The SMILES string of the molecule is NC(=O)c1cc([N+](=O)[O-])cnc1N1CCN(CC(=O)Nc2ccccc2C(F)(F)F)CC1. The number of nitrogens with zero attached hydrogens (tertiary/aromatic N) is 4. The number of primary amides is 1. The Morgan fingerprint density at radius 1 is 1.19 bits per heavy atom. The van der Waals surface area contributed by atoms with Gasteiger partial charge in [-0.05, 0) is 12.1 Å². The Labute approximate surface area is 180 Å². The molecule has 0 spiro atoms. The highest BCUT2D eigenvalue weighted by Gasteiger charge is 2.33. The lowest BCUT2D eigenvalue weighted by atomic mass is 10.1. The number of amides is 2. The Hall–Kier alpha value is -3.74. The first-order chi connectivity index (χ1) is 15.1. The Balaban J connectivity index is 1.62. The predicted molar refractivity (Wildman–Crippen MR) is 108 cm³/mol. The first-order valence-corrected chi connectivity index (χ1v) is 9.44. The fraction of sp³-hybridized carbons (Fsp3) is 0.316. The summed E-state index contributed by atoms with van der Waals surface area (Å²) < 4.78 is 39.2. The molecule has 2 amide bonds. The Bertz CT molecular complexity index is 1040. The molecule has 3 rings (SSSR count). The zero-order valence-corrected chi connectivity index (χ0v) is 16.6. The molecule has 3 N–H and O–H groups in total. The molecule has 2 aromatic rings. The normalized spacial score (nSPS) is 14.8. The maximum absolute atomic E-state index is 13.1. The van der Waals surface area contributed by atoms with E-state index < -0.39 is 28.5 Å². The van der Waals surface area contributed by atoms with Crippen molar-refractivity contribution in [3.05, 3.63) is 57.8 Å². The minimum absolute atomic E-state index is 0.0887.